The van der Waals surface area contributed by atoms with Gasteiger partial charge in [-0.15, -0.1) is 0 Å². The third kappa shape index (κ3) is 2.58. The van der Waals surface area contributed by atoms with E-state index in [0.29, 0.717) is 18.0 Å². The summed E-state index contributed by atoms with van der Waals surface area (Å²) in [6.07, 6.45) is 4.89. The van der Waals surface area contributed by atoms with E-state index in [1.165, 1.54) is 6.42 Å². The first-order chi connectivity index (χ1) is 9.69. The Morgan fingerprint density at radius 1 is 1.25 bits per heavy atom. The van der Waals surface area contributed by atoms with Gasteiger partial charge < -0.3 is 15.2 Å². The number of benzene rings is 1. The molecule has 1 saturated heterocycles. The maximum atomic E-state index is 12.2. The average Bonchev–Trinajstić information content (AvgIpc) is 2.48. The van der Waals surface area contributed by atoms with Gasteiger partial charge in [0.2, 0.25) is 5.79 Å². The fourth-order valence-corrected chi connectivity index (χ4v) is 3.61. The van der Waals surface area contributed by atoms with Crippen LogP contribution in [0.15, 0.2) is 30.3 Å². The van der Waals surface area contributed by atoms with E-state index in [4.69, 9.17) is 4.74 Å². The number of rotatable bonds is 2. The van der Waals surface area contributed by atoms with Gasteiger partial charge in [-0.25, -0.2) is 4.79 Å². The second-order valence-corrected chi connectivity index (χ2v) is 5.93. The molecule has 1 saturated carbocycles. The third-order valence-corrected chi connectivity index (χ3v) is 4.65. The molecule has 0 radical (unpaired) electrons. The lowest BCUT2D eigenvalue weighted by molar-refractivity contribution is -0.718. The highest BCUT2D eigenvalue weighted by Crippen LogP contribution is 2.36. The first-order valence-corrected chi connectivity index (χ1v) is 7.53. The zero-order valence-electron chi connectivity index (χ0n) is 11.6. The van der Waals surface area contributed by atoms with Gasteiger partial charge in [0.1, 0.15) is 0 Å². The topological polar surface area (TPSA) is 63.1 Å². The third-order valence-electron chi connectivity index (χ3n) is 4.65. The zero-order chi connectivity index (χ0) is 14.0. The number of hydrogen-bond donors (Lipinski definition) is 2. The Labute approximate surface area is 119 Å². The fraction of sp³-hybridized carbons (Fsp3) is 0.562. The van der Waals surface area contributed by atoms with Gasteiger partial charge in [0.25, 0.3) is 0 Å². The first kappa shape index (κ1) is 13.6. The molecule has 1 aliphatic heterocycles. The van der Waals surface area contributed by atoms with Crippen molar-refractivity contribution >= 4 is 5.97 Å². The van der Waals surface area contributed by atoms with Crippen LogP contribution in [-0.2, 0) is 4.74 Å². The summed E-state index contributed by atoms with van der Waals surface area (Å²) in [6.45, 7) is 0.819. The number of fused-ring (bicyclic) bond motifs is 1. The molecule has 1 aromatic rings. The molecule has 0 amide bonds. The minimum Gasteiger partial charge on any atom is -0.429 e. The molecule has 2 fully saturated rings. The number of carbonyl (C=O) groups excluding carboxylic acids is 1. The normalized spacial score (nSPS) is 33.2. The molecule has 0 unspecified atom stereocenters. The van der Waals surface area contributed by atoms with Gasteiger partial charge in [-0.1, -0.05) is 24.6 Å². The van der Waals surface area contributed by atoms with E-state index in [0.717, 1.165) is 25.8 Å². The molecule has 0 bridgehead atoms. The van der Waals surface area contributed by atoms with Gasteiger partial charge in [0.05, 0.1) is 30.5 Å². The Kier molecular flexibility index (Phi) is 3.76. The number of aliphatic hydroxyl groups is 1. The van der Waals surface area contributed by atoms with E-state index in [-0.39, 0.29) is 5.92 Å². The monoisotopic (exact) mass is 276 g/mol. The summed E-state index contributed by atoms with van der Waals surface area (Å²) < 4.78 is 5.53. The van der Waals surface area contributed by atoms with Crippen molar-refractivity contribution in [1.82, 2.24) is 0 Å². The van der Waals surface area contributed by atoms with Gasteiger partial charge in [-0.2, -0.15) is 0 Å². The lowest BCUT2D eigenvalue weighted by Gasteiger charge is -2.44. The standard InChI is InChI=1S/C16H21NO3/c18-15(12-6-2-1-3-7-12)20-16(19)10-11-17-14-9-5-4-8-13(14)16/h1-3,6-7,13-14,17,19H,4-5,8-11H2/p+1/t13-,14+,16-/m0/s1. The summed E-state index contributed by atoms with van der Waals surface area (Å²) in [7, 11) is 0. The Morgan fingerprint density at radius 2 is 2.00 bits per heavy atom. The summed E-state index contributed by atoms with van der Waals surface area (Å²) in [4.78, 5) is 12.2. The summed E-state index contributed by atoms with van der Waals surface area (Å²) >= 11 is 0. The Bertz CT molecular complexity index is 474. The second kappa shape index (κ2) is 5.54. The highest BCUT2D eigenvalue weighted by molar-refractivity contribution is 5.89. The van der Waals surface area contributed by atoms with Gasteiger partial charge in [-0.05, 0) is 31.4 Å². The molecule has 2 aliphatic rings. The molecule has 108 valence electrons. The van der Waals surface area contributed by atoms with Crippen molar-refractivity contribution in [2.45, 2.75) is 43.9 Å². The summed E-state index contributed by atoms with van der Waals surface area (Å²) in [5.74, 6) is -1.63. The number of carbonyl (C=O) groups is 1. The number of nitrogens with two attached hydrogens (primary N) is 1. The van der Waals surface area contributed by atoms with E-state index in [1.807, 2.05) is 6.07 Å². The molecule has 3 N–H and O–H groups in total. The van der Waals surface area contributed by atoms with E-state index >= 15 is 0 Å². The molecule has 4 nitrogen and oxygen atoms in total. The molecule has 1 aromatic carbocycles. The van der Waals surface area contributed by atoms with Crippen molar-refractivity contribution in [2.75, 3.05) is 6.54 Å². The summed E-state index contributed by atoms with van der Waals surface area (Å²) in [6, 6.07) is 9.30. The van der Waals surface area contributed by atoms with E-state index in [1.54, 1.807) is 24.3 Å². The molecule has 0 spiro atoms. The van der Waals surface area contributed by atoms with Crippen molar-refractivity contribution in [2.24, 2.45) is 5.92 Å². The molecule has 20 heavy (non-hydrogen) atoms. The lowest BCUT2D eigenvalue weighted by Crippen LogP contribution is -2.96. The SMILES string of the molecule is O=C(O[C@@]1(O)CC[NH2+][C@@H]2CCCC[C@@H]21)c1ccccc1. The minimum atomic E-state index is -1.28. The van der Waals surface area contributed by atoms with Crippen LogP contribution in [-0.4, -0.2) is 29.4 Å². The highest BCUT2D eigenvalue weighted by atomic mass is 16.7. The van der Waals surface area contributed by atoms with Crippen molar-refractivity contribution < 1.29 is 20.0 Å². The predicted molar refractivity (Wildman–Crippen MR) is 74.0 cm³/mol. The van der Waals surface area contributed by atoms with Crippen molar-refractivity contribution in [1.29, 1.82) is 0 Å². The highest BCUT2D eigenvalue weighted by Gasteiger charge is 2.50. The lowest BCUT2D eigenvalue weighted by atomic mass is 9.75. The quantitative estimate of drug-likeness (QED) is 0.627. The zero-order valence-corrected chi connectivity index (χ0v) is 11.6. The fourth-order valence-electron chi connectivity index (χ4n) is 3.61. The van der Waals surface area contributed by atoms with Crippen LogP contribution >= 0.6 is 0 Å². The minimum absolute atomic E-state index is 0.0673. The van der Waals surface area contributed by atoms with Crippen molar-refractivity contribution in [3.05, 3.63) is 35.9 Å². The van der Waals surface area contributed by atoms with E-state index in [9.17, 15) is 9.90 Å². The van der Waals surface area contributed by atoms with Crippen LogP contribution < -0.4 is 5.32 Å². The Hall–Kier alpha value is -1.39. The molecule has 1 aliphatic carbocycles. The van der Waals surface area contributed by atoms with Gasteiger partial charge in [0.15, 0.2) is 0 Å². The van der Waals surface area contributed by atoms with Crippen LogP contribution in [0.2, 0.25) is 0 Å². The van der Waals surface area contributed by atoms with Gasteiger partial charge in [-0.3, -0.25) is 0 Å². The van der Waals surface area contributed by atoms with Crippen molar-refractivity contribution in [3.63, 3.8) is 0 Å². The van der Waals surface area contributed by atoms with Crippen LogP contribution in [0.25, 0.3) is 0 Å². The van der Waals surface area contributed by atoms with Crippen LogP contribution in [0.3, 0.4) is 0 Å². The predicted octanol–water partition coefficient (Wildman–Crippen LogP) is 1.06. The number of hydrogen-bond acceptors (Lipinski definition) is 3. The maximum Gasteiger partial charge on any atom is 0.340 e. The molecule has 3 atom stereocenters. The smallest absolute Gasteiger partial charge is 0.340 e. The first-order valence-electron chi connectivity index (χ1n) is 7.53. The summed E-state index contributed by atoms with van der Waals surface area (Å²) in [5, 5.41) is 13.1. The number of quaternary nitrogens is 1. The number of piperidine rings is 1. The Morgan fingerprint density at radius 3 is 2.80 bits per heavy atom. The van der Waals surface area contributed by atoms with Crippen LogP contribution in [0.1, 0.15) is 42.5 Å². The molecule has 4 heteroatoms. The van der Waals surface area contributed by atoms with E-state index < -0.39 is 11.8 Å². The van der Waals surface area contributed by atoms with Crippen LogP contribution in [0, 0.1) is 5.92 Å². The van der Waals surface area contributed by atoms with Gasteiger partial charge >= 0.3 is 5.97 Å². The number of ether oxygens (including phenoxy) is 1. The molecule has 3 rings (SSSR count). The molecular formula is C16H22NO3+. The number of esters is 1. The molecule has 0 aromatic heterocycles. The molecule has 1 heterocycles. The van der Waals surface area contributed by atoms with Gasteiger partial charge in [0, 0.05) is 0 Å². The van der Waals surface area contributed by atoms with Crippen LogP contribution in [0.5, 0.6) is 0 Å². The van der Waals surface area contributed by atoms with Crippen molar-refractivity contribution in [3.8, 4) is 0 Å². The largest absolute Gasteiger partial charge is 0.429 e. The molecular weight excluding hydrogens is 254 g/mol. The second-order valence-electron chi connectivity index (χ2n) is 5.93. The Balaban J connectivity index is 1.75. The maximum absolute atomic E-state index is 12.2. The van der Waals surface area contributed by atoms with E-state index in [2.05, 4.69) is 5.32 Å². The average molecular weight is 276 g/mol. The summed E-state index contributed by atoms with van der Waals surface area (Å²) in [5.41, 5.74) is 0.503. The van der Waals surface area contributed by atoms with Crippen LogP contribution in [0.4, 0.5) is 0 Å².